The SMILES string of the molecule is CCOC(=O)C(C)=CC(C)NC(=O)OC(C)(C)C. The zero-order valence-electron chi connectivity index (χ0n) is 12.0. The molecule has 1 N–H and O–H groups in total. The summed E-state index contributed by atoms with van der Waals surface area (Å²) >= 11 is 0. The summed E-state index contributed by atoms with van der Waals surface area (Å²) in [5.41, 5.74) is -0.0793. The van der Waals surface area contributed by atoms with Crippen LogP contribution in [0.4, 0.5) is 4.79 Å². The van der Waals surface area contributed by atoms with E-state index in [2.05, 4.69) is 5.32 Å². The molecular weight excluding hydrogens is 234 g/mol. The molecule has 0 bridgehead atoms. The largest absolute Gasteiger partial charge is 0.463 e. The number of carbonyl (C=O) groups is 2. The lowest BCUT2D eigenvalue weighted by atomic mass is 10.2. The molecule has 0 aromatic carbocycles. The van der Waals surface area contributed by atoms with Crippen molar-refractivity contribution in [1.29, 1.82) is 0 Å². The van der Waals surface area contributed by atoms with E-state index in [0.717, 1.165) is 0 Å². The predicted octanol–water partition coefficient (Wildman–Crippen LogP) is 2.41. The summed E-state index contributed by atoms with van der Waals surface area (Å²) in [7, 11) is 0. The summed E-state index contributed by atoms with van der Waals surface area (Å²) in [6, 6.07) is -0.302. The number of alkyl carbamates (subject to hydrolysis) is 1. The topological polar surface area (TPSA) is 64.6 Å². The molecule has 0 radical (unpaired) electrons. The average Bonchev–Trinajstić information content (AvgIpc) is 2.13. The van der Waals surface area contributed by atoms with Crippen LogP contribution in [-0.4, -0.2) is 30.3 Å². The number of amides is 1. The van der Waals surface area contributed by atoms with E-state index in [1.165, 1.54) is 0 Å². The second kappa shape index (κ2) is 7.03. The van der Waals surface area contributed by atoms with Gasteiger partial charge in [-0.05, 0) is 41.5 Å². The summed E-state index contributed by atoms with van der Waals surface area (Å²) in [6.07, 6.45) is 1.12. The summed E-state index contributed by atoms with van der Waals surface area (Å²) in [5.74, 6) is -0.379. The van der Waals surface area contributed by atoms with E-state index < -0.39 is 11.7 Å². The van der Waals surface area contributed by atoms with Gasteiger partial charge < -0.3 is 14.8 Å². The maximum atomic E-state index is 11.5. The zero-order valence-corrected chi connectivity index (χ0v) is 12.0. The molecule has 0 aliphatic carbocycles. The third-order valence-corrected chi connectivity index (χ3v) is 1.84. The van der Waals surface area contributed by atoms with Crippen LogP contribution in [0.2, 0.25) is 0 Å². The molecule has 0 saturated heterocycles. The minimum atomic E-state index is -0.538. The normalized spacial score (nSPS) is 13.8. The summed E-state index contributed by atoms with van der Waals surface area (Å²) in [6.45, 7) is 10.8. The minimum Gasteiger partial charge on any atom is -0.463 e. The van der Waals surface area contributed by atoms with Gasteiger partial charge in [-0.25, -0.2) is 9.59 Å². The van der Waals surface area contributed by atoms with Gasteiger partial charge in [0.05, 0.1) is 6.61 Å². The number of nitrogens with one attached hydrogen (secondary N) is 1. The lowest BCUT2D eigenvalue weighted by molar-refractivity contribution is -0.138. The summed E-state index contributed by atoms with van der Waals surface area (Å²) < 4.78 is 9.94. The maximum Gasteiger partial charge on any atom is 0.408 e. The van der Waals surface area contributed by atoms with Crippen LogP contribution < -0.4 is 5.32 Å². The Morgan fingerprint density at radius 2 is 1.89 bits per heavy atom. The van der Waals surface area contributed by atoms with Crippen molar-refractivity contribution in [2.45, 2.75) is 53.2 Å². The molecular formula is C13H23NO4. The van der Waals surface area contributed by atoms with Gasteiger partial charge in [0.25, 0.3) is 0 Å². The molecule has 0 spiro atoms. The van der Waals surface area contributed by atoms with Crippen LogP contribution in [0.5, 0.6) is 0 Å². The number of esters is 1. The second-order valence-electron chi connectivity index (χ2n) is 5.01. The van der Waals surface area contributed by atoms with E-state index in [9.17, 15) is 9.59 Å². The smallest absolute Gasteiger partial charge is 0.408 e. The van der Waals surface area contributed by atoms with Crippen LogP contribution in [0.1, 0.15) is 41.5 Å². The summed E-state index contributed by atoms with van der Waals surface area (Å²) in [5, 5.41) is 2.62. The fourth-order valence-corrected chi connectivity index (χ4v) is 1.22. The zero-order chi connectivity index (χ0) is 14.3. The first kappa shape index (κ1) is 16.5. The van der Waals surface area contributed by atoms with Gasteiger partial charge in [0.1, 0.15) is 5.60 Å². The first-order valence-corrected chi connectivity index (χ1v) is 6.00. The third-order valence-electron chi connectivity index (χ3n) is 1.84. The Labute approximate surface area is 109 Å². The van der Waals surface area contributed by atoms with Crippen molar-refractivity contribution in [2.75, 3.05) is 6.61 Å². The number of rotatable bonds is 4. The van der Waals surface area contributed by atoms with Crippen LogP contribution in [0, 0.1) is 0 Å². The van der Waals surface area contributed by atoms with Crippen molar-refractivity contribution in [3.8, 4) is 0 Å². The molecule has 1 atom stereocenters. The third kappa shape index (κ3) is 7.70. The van der Waals surface area contributed by atoms with E-state index in [0.29, 0.717) is 12.2 Å². The predicted molar refractivity (Wildman–Crippen MR) is 69.2 cm³/mol. The summed E-state index contributed by atoms with van der Waals surface area (Å²) in [4.78, 5) is 22.8. The standard InChI is InChI=1S/C13H23NO4/c1-7-17-11(15)9(2)8-10(3)14-12(16)18-13(4,5)6/h8,10H,7H2,1-6H3,(H,14,16). The fourth-order valence-electron chi connectivity index (χ4n) is 1.22. The van der Waals surface area contributed by atoms with Gasteiger partial charge >= 0.3 is 12.1 Å². The quantitative estimate of drug-likeness (QED) is 0.620. The Kier molecular flexibility index (Phi) is 6.44. The van der Waals surface area contributed by atoms with E-state index in [-0.39, 0.29) is 12.0 Å². The lowest BCUT2D eigenvalue weighted by Crippen LogP contribution is -2.37. The molecule has 5 heteroatoms. The van der Waals surface area contributed by atoms with Crippen LogP contribution >= 0.6 is 0 Å². The molecule has 1 unspecified atom stereocenters. The molecule has 0 rings (SSSR count). The lowest BCUT2D eigenvalue weighted by Gasteiger charge is -2.21. The molecule has 0 aromatic heterocycles. The van der Waals surface area contributed by atoms with Gasteiger partial charge in [0.2, 0.25) is 0 Å². The van der Waals surface area contributed by atoms with Gasteiger partial charge in [-0.15, -0.1) is 0 Å². The second-order valence-corrected chi connectivity index (χ2v) is 5.01. The van der Waals surface area contributed by atoms with Crippen LogP contribution in [0.15, 0.2) is 11.6 Å². The van der Waals surface area contributed by atoms with E-state index in [1.54, 1.807) is 47.6 Å². The first-order valence-electron chi connectivity index (χ1n) is 6.00. The highest BCUT2D eigenvalue weighted by atomic mass is 16.6. The highest BCUT2D eigenvalue weighted by Gasteiger charge is 2.17. The van der Waals surface area contributed by atoms with Crippen molar-refractivity contribution in [3.63, 3.8) is 0 Å². The molecule has 0 saturated carbocycles. The first-order chi connectivity index (χ1) is 8.15. The maximum absolute atomic E-state index is 11.5. The van der Waals surface area contributed by atoms with Gasteiger partial charge in [0, 0.05) is 11.6 Å². The van der Waals surface area contributed by atoms with Crippen LogP contribution in [0.25, 0.3) is 0 Å². The Balaban J connectivity index is 4.33. The Morgan fingerprint density at radius 1 is 1.33 bits per heavy atom. The minimum absolute atomic E-state index is 0.302. The highest BCUT2D eigenvalue weighted by molar-refractivity contribution is 5.87. The Hall–Kier alpha value is -1.52. The molecule has 0 aromatic rings. The number of hydrogen-bond donors (Lipinski definition) is 1. The monoisotopic (exact) mass is 257 g/mol. The van der Waals surface area contributed by atoms with Gasteiger partial charge in [-0.3, -0.25) is 0 Å². The molecule has 18 heavy (non-hydrogen) atoms. The van der Waals surface area contributed by atoms with E-state index in [4.69, 9.17) is 9.47 Å². The number of hydrogen-bond acceptors (Lipinski definition) is 4. The Bertz CT molecular complexity index is 328. The van der Waals surface area contributed by atoms with Crippen molar-refractivity contribution in [1.82, 2.24) is 5.32 Å². The average molecular weight is 257 g/mol. The van der Waals surface area contributed by atoms with Crippen molar-refractivity contribution in [2.24, 2.45) is 0 Å². The molecule has 0 aliphatic heterocycles. The van der Waals surface area contributed by atoms with Crippen molar-refractivity contribution in [3.05, 3.63) is 11.6 Å². The molecule has 0 fully saturated rings. The molecule has 1 amide bonds. The fraction of sp³-hybridized carbons (Fsp3) is 0.692. The molecule has 104 valence electrons. The van der Waals surface area contributed by atoms with Gasteiger partial charge in [0.15, 0.2) is 0 Å². The number of ether oxygens (including phenoxy) is 2. The highest BCUT2D eigenvalue weighted by Crippen LogP contribution is 2.07. The van der Waals surface area contributed by atoms with Crippen molar-refractivity contribution >= 4 is 12.1 Å². The van der Waals surface area contributed by atoms with Crippen LogP contribution in [-0.2, 0) is 14.3 Å². The van der Waals surface area contributed by atoms with Gasteiger partial charge in [-0.2, -0.15) is 0 Å². The van der Waals surface area contributed by atoms with E-state index in [1.807, 2.05) is 0 Å². The van der Waals surface area contributed by atoms with Crippen LogP contribution in [0.3, 0.4) is 0 Å². The van der Waals surface area contributed by atoms with Crippen molar-refractivity contribution < 1.29 is 19.1 Å². The molecule has 0 aliphatic rings. The Morgan fingerprint density at radius 3 is 2.33 bits per heavy atom. The molecule has 0 heterocycles. The number of carbonyl (C=O) groups excluding carboxylic acids is 2. The van der Waals surface area contributed by atoms with Gasteiger partial charge in [-0.1, -0.05) is 6.08 Å². The molecule has 5 nitrogen and oxygen atoms in total. The van der Waals surface area contributed by atoms with E-state index >= 15 is 0 Å².